The molecule has 2 atom stereocenters. The molecular formula is C21H32N2O3. The number of carbonyl (C=O) groups is 1. The summed E-state index contributed by atoms with van der Waals surface area (Å²) in [6.07, 6.45) is 2.13. The quantitative estimate of drug-likeness (QED) is 0.846. The molecule has 5 nitrogen and oxygen atoms in total. The Balaban J connectivity index is 1.59. The maximum Gasteiger partial charge on any atom is 0.219 e. The minimum absolute atomic E-state index is 0.185. The number of ether oxygens (including phenoxy) is 1. The van der Waals surface area contributed by atoms with E-state index in [4.69, 9.17) is 4.74 Å². The Hall–Kier alpha value is -1.59. The van der Waals surface area contributed by atoms with Crippen molar-refractivity contribution in [3.8, 4) is 5.75 Å². The van der Waals surface area contributed by atoms with Crippen molar-refractivity contribution in [3.05, 3.63) is 29.8 Å². The highest BCUT2D eigenvalue weighted by Gasteiger charge is 2.38. The number of rotatable bonds is 6. The van der Waals surface area contributed by atoms with Gasteiger partial charge in [-0.15, -0.1) is 0 Å². The number of hydrogen-bond acceptors (Lipinski definition) is 4. The summed E-state index contributed by atoms with van der Waals surface area (Å²) in [6.45, 7) is 9.22. The number of carbonyl (C=O) groups excluding carboxylic acids is 1. The van der Waals surface area contributed by atoms with Gasteiger partial charge in [-0.25, -0.2) is 0 Å². The monoisotopic (exact) mass is 360 g/mol. The number of hydrogen-bond donors (Lipinski definition) is 1. The smallest absolute Gasteiger partial charge is 0.219 e. The Bertz CT molecular complexity index is 599. The molecule has 0 bridgehead atoms. The van der Waals surface area contributed by atoms with Gasteiger partial charge >= 0.3 is 0 Å². The third kappa shape index (κ3) is 4.57. The number of aliphatic hydroxyl groups excluding tert-OH is 1. The van der Waals surface area contributed by atoms with Crippen LogP contribution in [0.4, 0.5) is 0 Å². The van der Waals surface area contributed by atoms with E-state index in [-0.39, 0.29) is 12.5 Å². The van der Waals surface area contributed by atoms with E-state index < -0.39 is 0 Å². The summed E-state index contributed by atoms with van der Waals surface area (Å²) in [6, 6.07) is 8.32. The van der Waals surface area contributed by atoms with Crippen molar-refractivity contribution in [2.75, 3.05) is 39.4 Å². The van der Waals surface area contributed by atoms with E-state index in [1.54, 1.807) is 6.92 Å². The molecule has 2 heterocycles. The van der Waals surface area contributed by atoms with Crippen molar-refractivity contribution in [3.63, 3.8) is 0 Å². The lowest BCUT2D eigenvalue weighted by Crippen LogP contribution is -2.40. The van der Waals surface area contributed by atoms with E-state index in [9.17, 15) is 9.90 Å². The first kappa shape index (κ1) is 19.2. The van der Waals surface area contributed by atoms with Gasteiger partial charge in [0.15, 0.2) is 0 Å². The molecule has 1 amide bonds. The van der Waals surface area contributed by atoms with Crippen molar-refractivity contribution < 1.29 is 14.6 Å². The third-order valence-corrected chi connectivity index (χ3v) is 6.01. The van der Waals surface area contributed by atoms with Gasteiger partial charge in [-0.2, -0.15) is 0 Å². The average Bonchev–Trinajstić information content (AvgIpc) is 3.05. The minimum Gasteiger partial charge on any atom is -0.494 e. The summed E-state index contributed by atoms with van der Waals surface area (Å²) in [5, 5.41) is 9.89. The molecule has 144 valence electrons. The van der Waals surface area contributed by atoms with Gasteiger partial charge in [-0.1, -0.05) is 12.1 Å². The van der Waals surface area contributed by atoms with E-state index in [0.717, 1.165) is 51.3 Å². The zero-order valence-corrected chi connectivity index (χ0v) is 16.1. The largest absolute Gasteiger partial charge is 0.494 e. The number of benzene rings is 1. The topological polar surface area (TPSA) is 53.0 Å². The first-order chi connectivity index (χ1) is 12.6. The van der Waals surface area contributed by atoms with Gasteiger partial charge in [-0.05, 0) is 55.2 Å². The maximum absolute atomic E-state index is 11.5. The fourth-order valence-electron chi connectivity index (χ4n) is 4.65. The first-order valence-corrected chi connectivity index (χ1v) is 9.91. The lowest BCUT2D eigenvalue weighted by molar-refractivity contribution is -0.130. The molecule has 0 saturated carbocycles. The van der Waals surface area contributed by atoms with Gasteiger partial charge in [0.1, 0.15) is 5.75 Å². The fraction of sp³-hybridized carbons (Fsp3) is 0.667. The van der Waals surface area contributed by atoms with Gasteiger partial charge < -0.3 is 14.7 Å². The number of amides is 1. The second kappa shape index (κ2) is 8.87. The van der Waals surface area contributed by atoms with Crippen molar-refractivity contribution in [2.45, 2.75) is 33.2 Å². The van der Waals surface area contributed by atoms with Crippen LogP contribution in [0.5, 0.6) is 5.75 Å². The van der Waals surface area contributed by atoms with Crippen LogP contribution in [0.3, 0.4) is 0 Å². The standard InChI is InChI=1S/C21H32N2O3/c1-3-26-20-6-4-5-17(11-20)12-22-13-19(15-24)21(14-22)18-7-9-23(10-8-18)16(2)25/h4-6,11,18-19,21,24H,3,7-10,12-15H2,1-2H3/t19-,21-/m0/s1. The molecule has 1 aromatic rings. The molecule has 26 heavy (non-hydrogen) atoms. The van der Waals surface area contributed by atoms with Crippen molar-refractivity contribution in [1.82, 2.24) is 9.80 Å². The highest BCUT2D eigenvalue weighted by Crippen LogP contribution is 2.36. The number of likely N-dealkylation sites (tertiary alicyclic amines) is 2. The summed E-state index contributed by atoms with van der Waals surface area (Å²) in [4.78, 5) is 16.0. The molecule has 1 aromatic carbocycles. The predicted molar refractivity (Wildman–Crippen MR) is 102 cm³/mol. The van der Waals surface area contributed by atoms with Crippen LogP contribution < -0.4 is 4.74 Å². The summed E-state index contributed by atoms with van der Waals surface area (Å²) >= 11 is 0. The minimum atomic E-state index is 0.185. The van der Waals surface area contributed by atoms with Crippen molar-refractivity contribution in [1.29, 1.82) is 0 Å². The van der Waals surface area contributed by atoms with Gasteiger partial charge in [0.05, 0.1) is 6.61 Å². The molecule has 1 N–H and O–H groups in total. The average molecular weight is 360 g/mol. The Labute approximate surface area is 156 Å². The van der Waals surface area contributed by atoms with Crippen molar-refractivity contribution >= 4 is 5.91 Å². The Morgan fingerprint density at radius 3 is 2.69 bits per heavy atom. The van der Waals surface area contributed by atoms with Gasteiger partial charge in [0.2, 0.25) is 5.91 Å². The molecule has 2 aliphatic heterocycles. The predicted octanol–water partition coefficient (Wildman–Crippen LogP) is 2.38. The third-order valence-electron chi connectivity index (χ3n) is 6.01. The molecule has 0 radical (unpaired) electrons. The van der Waals surface area contributed by atoms with Crippen LogP contribution in [0.2, 0.25) is 0 Å². The molecule has 0 unspecified atom stereocenters. The van der Waals surface area contributed by atoms with Crippen LogP contribution in [-0.2, 0) is 11.3 Å². The van der Waals surface area contributed by atoms with E-state index in [1.807, 2.05) is 17.9 Å². The highest BCUT2D eigenvalue weighted by molar-refractivity contribution is 5.73. The zero-order valence-electron chi connectivity index (χ0n) is 16.1. The molecule has 2 fully saturated rings. The molecule has 3 rings (SSSR count). The first-order valence-electron chi connectivity index (χ1n) is 9.91. The molecule has 0 aromatic heterocycles. The Morgan fingerprint density at radius 2 is 2.04 bits per heavy atom. The summed E-state index contributed by atoms with van der Waals surface area (Å²) in [7, 11) is 0. The number of nitrogens with zero attached hydrogens (tertiary/aromatic N) is 2. The molecule has 2 saturated heterocycles. The van der Waals surface area contributed by atoms with Crippen LogP contribution >= 0.6 is 0 Å². The molecule has 5 heteroatoms. The van der Waals surface area contributed by atoms with E-state index in [0.29, 0.717) is 24.4 Å². The van der Waals surface area contributed by atoms with Gasteiger partial charge in [-0.3, -0.25) is 9.69 Å². The second-order valence-corrected chi connectivity index (χ2v) is 7.72. The Morgan fingerprint density at radius 1 is 1.27 bits per heavy atom. The van der Waals surface area contributed by atoms with E-state index in [2.05, 4.69) is 23.1 Å². The van der Waals surface area contributed by atoms with Crippen LogP contribution in [0.25, 0.3) is 0 Å². The van der Waals surface area contributed by atoms with E-state index >= 15 is 0 Å². The summed E-state index contributed by atoms with van der Waals surface area (Å²) in [5.74, 6) is 2.60. The van der Waals surface area contributed by atoms with Gasteiger partial charge in [0, 0.05) is 46.3 Å². The van der Waals surface area contributed by atoms with Crippen LogP contribution in [0.15, 0.2) is 24.3 Å². The molecular weight excluding hydrogens is 328 g/mol. The SMILES string of the molecule is CCOc1cccc(CN2C[C@@H](CO)[C@H](C3CCN(C(C)=O)CC3)C2)c1. The summed E-state index contributed by atoms with van der Waals surface area (Å²) in [5.41, 5.74) is 1.26. The van der Waals surface area contributed by atoms with Crippen molar-refractivity contribution in [2.24, 2.45) is 17.8 Å². The highest BCUT2D eigenvalue weighted by atomic mass is 16.5. The maximum atomic E-state index is 11.5. The van der Waals surface area contributed by atoms with Crippen LogP contribution in [0, 0.1) is 17.8 Å². The zero-order chi connectivity index (χ0) is 18.5. The number of aliphatic hydroxyl groups is 1. The summed E-state index contributed by atoms with van der Waals surface area (Å²) < 4.78 is 5.61. The van der Waals surface area contributed by atoms with Crippen LogP contribution in [0.1, 0.15) is 32.3 Å². The molecule has 2 aliphatic rings. The van der Waals surface area contributed by atoms with Gasteiger partial charge in [0.25, 0.3) is 0 Å². The molecule has 0 spiro atoms. The fourth-order valence-corrected chi connectivity index (χ4v) is 4.65. The lowest BCUT2D eigenvalue weighted by Gasteiger charge is -2.36. The second-order valence-electron chi connectivity index (χ2n) is 7.72. The molecule has 0 aliphatic carbocycles. The van der Waals surface area contributed by atoms with E-state index in [1.165, 1.54) is 5.56 Å². The number of piperidine rings is 1. The normalized spacial score (nSPS) is 24.8. The van der Waals surface area contributed by atoms with Crippen LogP contribution in [-0.4, -0.2) is 60.2 Å². The Kier molecular flexibility index (Phi) is 6.54. The lowest BCUT2D eigenvalue weighted by atomic mass is 9.79.